The summed E-state index contributed by atoms with van der Waals surface area (Å²) in [5.41, 5.74) is 0.497. The smallest absolute Gasteiger partial charge is 0.146 e. The van der Waals surface area contributed by atoms with Gasteiger partial charge in [-0.3, -0.25) is 4.79 Å². The third kappa shape index (κ3) is 1.98. The first-order valence-corrected chi connectivity index (χ1v) is 5.66. The summed E-state index contributed by atoms with van der Waals surface area (Å²) in [5.74, 6) is 0.300. The number of hydrogen-bond donors (Lipinski definition) is 2. The van der Waals surface area contributed by atoms with Crippen molar-refractivity contribution in [2.24, 2.45) is 5.41 Å². The Bertz CT molecular complexity index is 211. The van der Waals surface area contributed by atoms with Gasteiger partial charge in [-0.25, -0.2) is 0 Å². The van der Waals surface area contributed by atoms with Crippen LogP contribution in [0.4, 0.5) is 0 Å². The third-order valence-electron chi connectivity index (χ3n) is 3.84. The van der Waals surface area contributed by atoms with E-state index in [-0.39, 0.29) is 6.04 Å². The number of hydrogen-bond acceptors (Lipinski definition) is 3. The normalized spacial score (nSPS) is 31.6. The van der Waals surface area contributed by atoms with Crippen LogP contribution in [0.3, 0.4) is 0 Å². The van der Waals surface area contributed by atoms with E-state index in [0.717, 1.165) is 26.1 Å². The summed E-state index contributed by atoms with van der Waals surface area (Å²) in [6.07, 6.45) is 4.80. The van der Waals surface area contributed by atoms with Gasteiger partial charge in [-0.15, -0.1) is 0 Å². The van der Waals surface area contributed by atoms with Crippen LogP contribution in [0.15, 0.2) is 0 Å². The summed E-state index contributed by atoms with van der Waals surface area (Å²) in [6.45, 7) is 5.02. The molecule has 1 unspecified atom stereocenters. The summed E-state index contributed by atoms with van der Waals surface area (Å²) < 4.78 is 0. The van der Waals surface area contributed by atoms with Crippen LogP contribution < -0.4 is 10.6 Å². The highest BCUT2D eigenvalue weighted by molar-refractivity contribution is 5.81. The first-order valence-electron chi connectivity index (χ1n) is 5.66. The topological polar surface area (TPSA) is 41.1 Å². The van der Waals surface area contributed by atoms with Crippen molar-refractivity contribution < 1.29 is 4.79 Å². The molecular formula is C11H20N2O. The molecule has 0 aromatic carbocycles. The number of carbonyl (C=O) groups is 1. The van der Waals surface area contributed by atoms with Gasteiger partial charge in [-0.1, -0.05) is 0 Å². The second-order valence-electron chi connectivity index (χ2n) is 4.83. The van der Waals surface area contributed by atoms with E-state index in [1.54, 1.807) is 6.92 Å². The van der Waals surface area contributed by atoms with Gasteiger partial charge >= 0.3 is 0 Å². The molecular weight excluding hydrogens is 176 g/mol. The number of Topliss-reactive ketones (excluding diaryl/α,β-unsaturated/α-hetero) is 1. The van der Waals surface area contributed by atoms with Gasteiger partial charge in [-0.2, -0.15) is 0 Å². The predicted octanol–water partition coefficient (Wildman–Crippen LogP) is 0.697. The van der Waals surface area contributed by atoms with Gasteiger partial charge in [0.2, 0.25) is 0 Å². The van der Waals surface area contributed by atoms with E-state index < -0.39 is 0 Å². The Hall–Kier alpha value is -0.410. The average Bonchev–Trinajstić information content (AvgIpc) is 2.19. The van der Waals surface area contributed by atoms with E-state index in [1.165, 1.54) is 19.3 Å². The lowest BCUT2D eigenvalue weighted by molar-refractivity contribution is -0.120. The maximum atomic E-state index is 11.2. The molecule has 2 N–H and O–H groups in total. The molecule has 0 aliphatic carbocycles. The minimum absolute atomic E-state index is 0.135. The number of carbonyl (C=O) groups excluding carboxylic acids is 1. The van der Waals surface area contributed by atoms with Crippen molar-refractivity contribution in [1.29, 1.82) is 0 Å². The monoisotopic (exact) mass is 196 g/mol. The van der Waals surface area contributed by atoms with E-state index in [0.29, 0.717) is 11.2 Å². The predicted molar refractivity (Wildman–Crippen MR) is 56.2 cm³/mol. The van der Waals surface area contributed by atoms with Crippen molar-refractivity contribution in [2.45, 2.75) is 38.6 Å². The lowest BCUT2D eigenvalue weighted by Gasteiger charge is -2.43. The maximum Gasteiger partial charge on any atom is 0.146 e. The summed E-state index contributed by atoms with van der Waals surface area (Å²) in [5, 5.41) is 6.80. The largest absolute Gasteiger partial charge is 0.317 e. The Morgan fingerprint density at radius 1 is 1.29 bits per heavy atom. The number of piperidine rings is 2. The van der Waals surface area contributed by atoms with Crippen LogP contribution in [0.25, 0.3) is 0 Å². The SMILES string of the molecule is CC(=O)C1CCC2(CCNCC2)CN1. The van der Waals surface area contributed by atoms with Gasteiger partial charge in [0, 0.05) is 6.54 Å². The summed E-state index contributed by atoms with van der Waals surface area (Å²) >= 11 is 0. The zero-order chi connectivity index (χ0) is 10.0. The molecule has 2 rings (SSSR count). The quantitative estimate of drug-likeness (QED) is 0.648. The molecule has 0 bridgehead atoms. The van der Waals surface area contributed by atoms with Gasteiger partial charge in [0.05, 0.1) is 6.04 Å². The summed E-state index contributed by atoms with van der Waals surface area (Å²) in [4.78, 5) is 11.2. The van der Waals surface area contributed by atoms with E-state index in [4.69, 9.17) is 0 Å². The first-order chi connectivity index (χ1) is 6.72. The lowest BCUT2D eigenvalue weighted by atomic mass is 9.72. The maximum absolute atomic E-state index is 11.2. The lowest BCUT2D eigenvalue weighted by Crippen LogP contribution is -2.52. The van der Waals surface area contributed by atoms with Crippen LogP contribution in [-0.4, -0.2) is 31.5 Å². The molecule has 2 heterocycles. The fourth-order valence-electron chi connectivity index (χ4n) is 2.71. The van der Waals surface area contributed by atoms with Crippen molar-refractivity contribution in [3.8, 4) is 0 Å². The zero-order valence-electron chi connectivity index (χ0n) is 8.94. The molecule has 2 aliphatic heterocycles. The summed E-state index contributed by atoms with van der Waals surface area (Å²) in [7, 11) is 0. The van der Waals surface area contributed by atoms with E-state index in [2.05, 4.69) is 10.6 Å². The molecule has 0 amide bonds. The van der Waals surface area contributed by atoms with Crippen LogP contribution >= 0.6 is 0 Å². The second-order valence-corrected chi connectivity index (χ2v) is 4.83. The van der Waals surface area contributed by atoms with Gasteiger partial charge in [0.1, 0.15) is 5.78 Å². The van der Waals surface area contributed by atoms with Crippen molar-refractivity contribution in [2.75, 3.05) is 19.6 Å². The first kappa shape index (κ1) is 10.1. The molecule has 0 saturated carbocycles. The van der Waals surface area contributed by atoms with Crippen molar-refractivity contribution >= 4 is 5.78 Å². The Morgan fingerprint density at radius 2 is 2.00 bits per heavy atom. The highest BCUT2D eigenvalue weighted by Crippen LogP contribution is 2.36. The van der Waals surface area contributed by atoms with Crippen molar-refractivity contribution in [3.05, 3.63) is 0 Å². The van der Waals surface area contributed by atoms with Crippen LogP contribution in [-0.2, 0) is 4.79 Å². The van der Waals surface area contributed by atoms with Crippen molar-refractivity contribution in [3.63, 3.8) is 0 Å². The fourth-order valence-corrected chi connectivity index (χ4v) is 2.71. The molecule has 0 aromatic heterocycles. The fraction of sp³-hybridized carbons (Fsp3) is 0.909. The molecule has 2 aliphatic rings. The number of rotatable bonds is 1. The van der Waals surface area contributed by atoms with E-state index >= 15 is 0 Å². The Labute approximate surface area is 85.6 Å². The third-order valence-corrected chi connectivity index (χ3v) is 3.84. The Balaban J connectivity index is 1.90. The molecule has 1 atom stereocenters. The average molecular weight is 196 g/mol. The van der Waals surface area contributed by atoms with E-state index in [1.807, 2.05) is 0 Å². The van der Waals surface area contributed by atoms with Gasteiger partial charge < -0.3 is 10.6 Å². The molecule has 0 radical (unpaired) electrons. The standard InChI is InChI=1S/C11H20N2O/c1-9(14)10-2-3-11(8-13-10)4-6-12-7-5-11/h10,12-13H,2-8H2,1H3. The highest BCUT2D eigenvalue weighted by atomic mass is 16.1. The molecule has 3 nitrogen and oxygen atoms in total. The minimum Gasteiger partial charge on any atom is -0.317 e. The molecule has 80 valence electrons. The molecule has 1 spiro atoms. The minimum atomic E-state index is 0.135. The molecule has 2 fully saturated rings. The second kappa shape index (κ2) is 3.99. The number of ketones is 1. The summed E-state index contributed by atoms with van der Waals surface area (Å²) in [6, 6.07) is 0.135. The Kier molecular flexibility index (Phi) is 2.88. The van der Waals surface area contributed by atoms with Gasteiger partial charge in [0.25, 0.3) is 0 Å². The molecule has 14 heavy (non-hydrogen) atoms. The van der Waals surface area contributed by atoms with Gasteiger partial charge in [0.15, 0.2) is 0 Å². The molecule has 2 saturated heterocycles. The van der Waals surface area contributed by atoms with Gasteiger partial charge in [-0.05, 0) is 51.1 Å². The highest BCUT2D eigenvalue weighted by Gasteiger charge is 2.36. The molecule has 0 aromatic rings. The van der Waals surface area contributed by atoms with Crippen molar-refractivity contribution in [1.82, 2.24) is 10.6 Å². The zero-order valence-corrected chi connectivity index (χ0v) is 8.94. The van der Waals surface area contributed by atoms with Crippen LogP contribution in [0.5, 0.6) is 0 Å². The Morgan fingerprint density at radius 3 is 2.50 bits per heavy atom. The van der Waals surface area contributed by atoms with E-state index in [9.17, 15) is 4.79 Å². The van der Waals surface area contributed by atoms with Crippen LogP contribution in [0.2, 0.25) is 0 Å². The number of nitrogens with one attached hydrogen (secondary N) is 2. The molecule has 3 heteroatoms. The van der Waals surface area contributed by atoms with Crippen LogP contribution in [0, 0.1) is 5.41 Å². The van der Waals surface area contributed by atoms with Crippen LogP contribution in [0.1, 0.15) is 32.6 Å².